The van der Waals surface area contributed by atoms with Crippen LogP contribution in [-0.2, 0) is 4.74 Å². The summed E-state index contributed by atoms with van der Waals surface area (Å²) in [5.74, 6) is 0. The first-order valence-electron chi connectivity index (χ1n) is 4.54. The van der Waals surface area contributed by atoms with E-state index in [4.69, 9.17) is 9.84 Å². The van der Waals surface area contributed by atoms with Gasteiger partial charge in [0.1, 0.15) is 0 Å². The Balaban J connectivity index is 2.37. The van der Waals surface area contributed by atoms with Gasteiger partial charge < -0.3 is 20.1 Å². The van der Waals surface area contributed by atoms with E-state index >= 15 is 0 Å². The summed E-state index contributed by atoms with van der Waals surface area (Å²) in [7, 11) is 0. The second-order valence-corrected chi connectivity index (χ2v) is 2.98. The van der Waals surface area contributed by atoms with Crippen LogP contribution in [0.2, 0.25) is 0 Å². The average molecular weight is 188 g/mol. The van der Waals surface area contributed by atoms with Gasteiger partial charge >= 0.3 is 6.09 Å². The summed E-state index contributed by atoms with van der Waals surface area (Å²) in [4.78, 5) is 12.9. The molecule has 76 valence electrons. The molecular formula is C8H16N2O3. The lowest BCUT2D eigenvalue weighted by Gasteiger charge is -2.31. The van der Waals surface area contributed by atoms with Crippen molar-refractivity contribution in [1.82, 2.24) is 10.2 Å². The highest BCUT2D eigenvalue weighted by atomic mass is 16.6. The van der Waals surface area contributed by atoms with E-state index in [2.05, 4.69) is 5.32 Å². The van der Waals surface area contributed by atoms with Crippen molar-refractivity contribution in [2.45, 2.75) is 13.0 Å². The van der Waals surface area contributed by atoms with E-state index < -0.39 is 0 Å². The summed E-state index contributed by atoms with van der Waals surface area (Å²) >= 11 is 0. The minimum atomic E-state index is -0.289. The van der Waals surface area contributed by atoms with E-state index in [0.717, 1.165) is 0 Å². The summed E-state index contributed by atoms with van der Waals surface area (Å²) in [6, 6.07) is -0.0156. The number of carbonyl (C=O) groups excluding carboxylic acids is 1. The van der Waals surface area contributed by atoms with Crippen molar-refractivity contribution >= 4 is 6.09 Å². The second-order valence-electron chi connectivity index (χ2n) is 2.98. The van der Waals surface area contributed by atoms with Gasteiger partial charge in [-0.05, 0) is 6.92 Å². The Hall–Kier alpha value is -0.810. The molecule has 1 saturated heterocycles. The van der Waals surface area contributed by atoms with Gasteiger partial charge in [-0.3, -0.25) is 0 Å². The first-order valence-corrected chi connectivity index (χ1v) is 4.54. The third-order valence-electron chi connectivity index (χ3n) is 2.00. The van der Waals surface area contributed by atoms with Crippen LogP contribution in [0.1, 0.15) is 6.92 Å². The minimum Gasteiger partial charge on any atom is -0.450 e. The van der Waals surface area contributed by atoms with Gasteiger partial charge in [0.05, 0.1) is 13.2 Å². The van der Waals surface area contributed by atoms with E-state index in [9.17, 15) is 4.79 Å². The molecule has 1 rings (SSSR count). The zero-order chi connectivity index (χ0) is 9.68. The Bertz CT molecular complexity index is 175. The third kappa shape index (κ3) is 2.86. The topological polar surface area (TPSA) is 61.8 Å². The molecule has 0 aliphatic carbocycles. The molecule has 0 aromatic carbocycles. The number of rotatable bonds is 2. The van der Waals surface area contributed by atoms with E-state index in [1.54, 1.807) is 11.8 Å². The Kier molecular flexibility index (Phi) is 3.98. The number of nitrogens with zero attached hydrogens (tertiary/aromatic N) is 1. The zero-order valence-electron chi connectivity index (χ0n) is 7.82. The number of aliphatic hydroxyl groups excluding tert-OH is 1. The summed E-state index contributed by atoms with van der Waals surface area (Å²) in [6.45, 7) is 4.11. The van der Waals surface area contributed by atoms with E-state index in [1.165, 1.54) is 0 Å². The molecular weight excluding hydrogens is 172 g/mol. The molecule has 1 aliphatic rings. The molecule has 0 unspecified atom stereocenters. The van der Waals surface area contributed by atoms with E-state index in [-0.39, 0.29) is 18.7 Å². The van der Waals surface area contributed by atoms with Crippen LogP contribution in [0.25, 0.3) is 0 Å². The quantitative estimate of drug-likeness (QED) is 0.608. The van der Waals surface area contributed by atoms with Crippen molar-refractivity contribution in [3.8, 4) is 0 Å². The van der Waals surface area contributed by atoms with Crippen molar-refractivity contribution in [1.29, 1.82) is 0 Å². The number of aliphatic hydroxyl groups is 1. The monoisotopic (exact) mass is 188 g/mol. The lowest BCUT2D eigenvalue weighted by molar-refractivity contribution is 0.0867. The fourth-order valence-corrected chi connectivity index (χ4v) is 1.33. The molecule has 5 heteroatoms. The van der Waals surface area contributed by atoms with Gasteiger partial charge in [0.25, 0.3) is 0 Å². The number of carbonyl (C=O) groups is 1. The molecule has 5 nitrogen and oxygen atoms in total. The molecule has 2 N–H and O–H groups in total. The molecule has 0 aromatic rings. The highest BCUT2D eigenvalue weighted by Gasteiger charge is 2.22. The van der Waals surface area contributed by atoms with E-state index in [1.807, 2.05) is 0 Å². The Morgan fingerprint density at radius 2 is 2.54 bits per heavy atom. The van der Waals surface area contributed by atoms with Crippen LogP contribution >= 0.6 is 0 Å². The second kappa shape index (κ2) is 5.04. The normalized spacial score (nSPS) is 22.9. The summed E-state index contributed by atoms with van der Waals surface area (Å²) in [6.07, 6.45) is -0.289. The molecule has 1 amide bonds. The lowest BCUT2D eigenvalue weighted by Crippen LogP contribution is -2.54. The highest BCUT2D eigenvalue weighted by molar-refractivity contribution is 5.67. The number of nitrogens with one attached hydrogen (secondary N) is 1. The molecule has 0 bridgehead atoms. The smallest absolute Gasteiger partial charge is 0.409 e. The van der Waals surface area contributed by atoms with Gasteiger partial charge in [0, 0.05) is 25.7 Å². The van der Waals surface area contributed by atoms with Gasteiger partial charge in [-0.2, -0.15) is 0 Å². The van der Waals surface area contributed by atoms with Gasteiger partial charge in [-0.1, -0.05) is 0 Å². The maximum atomic E-state index is 11.3. The van der Waals surface area contributed by atoms with Crippen molar-refractivity contribution < 1.29 is 14.6 Å². The van der Waals surface area contributed by atoms with Gasteiger partial charge in [0.2, 0.25) is 0 Å². The number of hydrogen-bond acceptors (Lipinski definition) is 4. The number of hydrogen-bond donors (Lipinski definition) is 2. The van der Waals surface area contributed by atoms with Crippen molar-refractivity contribution in [2.24, 2.45) is 0 Å². The van der Waals surface area contributed by atoms with Gasteiger partial charge in [-0.25, -0.2) is 4.79 Å². The fourth-order valence-electron chi connectivity index (χ4n) is 1.33. The average Bonchev–Trinajstić information content (AvgIpc) is 2.18. The molecule has 1 aliphatic heterocycles. The maximum absolute atomic E-state index is 11.3. The van der Waals surface area contributed by atoms with Gasteiger partial charge in [0.15, 0.2) is 0 Å². The molecule has 13 heavy (non-hydrogen) atoms. The van der Waals surface area contributed by atoms with Crippen LogP contribution in [0, 0.1) is 0 Å². The Morgan fingerprint density at radius 1 is 1.77 bits per heavy atom. The lowest BCUT2D eigenvalue weighted by atomic mass is 10.2. The first-order chi connectivity index (χ1) is 6.27. The van der Waals surface area contributed by atoms with Crippen LogP contribution in [0.15, 0.2) is 0 Å². The zero-order valence-corrected chi connectivity index (χ0v) is 7.82. The molecule has 0 saturated carbocycles. The SMILES string of the molecule is CCOC(=O)N1CCN[C@@H](CO)C1. The molecule has 0 spiro atoms. The van der Waals surface area contributed by atoms with Crippen LogP contribution in [-0.4, -0.2) is 55.0 Å². The number of ether oxygens (including phenoxy) is 1. The van der Waals surface area contributed by atoms with Crippen LogP contribution in [0.5, 0.6) is 0 Å². The van der Waals surface area contributed by atoms with E-state index in [0.29, 0.717) is 26.2 Å². The fraction of sp³-hybridized carbons (Fsp3) is 0.875. The third-order valence-corrected chi connectivity index (χ3v) is 2.00. The molecule has 0 radical (unpaired) electrons. The minimum absolute atomic E-state index is 0.0156. The Labute approximate surface area is 77.7 Å². The summed E-state index contributed by atoms with van der Waals surface area (Å²) in [5.41, 5.74) is 0. The summed E-state index contributed by atoms with van der Waals surface area (Å²) < 4.78 is 4.85. The maximum Gasteiger partial charge on any atom is 0.409 e. The van der Waals surface area contributed by atoms with Crippen molar-refractivity contribution in [3.63, 3.8) is 0 Å². The molecule has 1 atom stereocenters. The Morgan fingerprint density at radius 3 is 3.15 bits per heavy atom. The number of amides is 1. The predicted molar refractivity (Wildman–Crippen MR) is 47.5 cm³/mol. The van der Waals surface area contributed by atoms with Crippen LogP contribution in [0.3, 0.4) is 0 Å². The summed E-state index contributed by atoms with van der Waals surface area (Å²) in [5, 5.41) is 12.0. The number of piperazine rings is 1. The first kappa shape index (κ1) is 10.3. The van der Waals surface area contributed by atoms with Gasteiger partial charge in [-0.15, -0.1) is 0 Å². The molecule has 0 aromatic heterocycles. The molecule has 1 fully saturated rings. The standard InChI is InChI=1S/C8H16N2O3/c1-2-13-8(12)10-4-3-9-7(5-10)6-11/h7,9,11H,2-6H2,1H3/t7-/m1/s1. The van der Waals surface area contributed by atoms with Crippen LogP contribution in [0.4, 0.5) is 4.79 Å². The van der Waals surface area contributed by atoms with Crippen molar-refractivity contribution in [2.75, 3.05) is 32.8 Å². The largest absolute Gasteiger partial charge is 0.450 e. The van der Waals surface area contributed by atoms with Crippen molar-refractivity contribution in [3.05, 3.63) is 0 Å². The predicted octanol–water partition coefficient (Wildman–Crippen LogP) is -0.591. The highest BCUT2D eigenvalue weighted by Crippen LogP contribution is 2.01. The molecule has 1 heterocycles. The van der Waals surface area contributed by atoms with Crippen LogP contribution < -0.4 is 5.32 Å².